The van der Waals surface area contributed by atoms with Gasteiger partial charge in [0, 0.05) is 6.42 Å². The zero-order valence-electron chi connectivity index (χ0n) is 24.6. The summed E-state index contributed by atoms with van der Waals surface area (Å²) in [5.41, 5.74) is 0.620. The molecular formula is C31H46N2O8. The summed E-state index contributed by atoms with van der Waals surface area (Å²) in [6.45, 7) is 5.67. The van der Waals surface area contributed by atoms with E-state index in [4.69, 9.17) is 14.2 Å². The Balaban J connectivity index is 1.77. The molecule has 0 spiro atoms. The molecule has 1 aliphatic heterocycles. The van der Waals surface area contributed by atoms with Crippen LogP contribution in [0.1, 0.15) is 90.5 Å². The molecule has 1 saturated carbocycles. The second-order valence-electron chi connectivity index (χ2n) is 12.5. The average Bonchev–Trinajstić information content (AvgIpc) is 2.93. The van der Waals surface area contributed by atoms with Gasteiger partial charge in [0.25, 0.3) is 0 Å². The molecular weight excluding hydrogens is 528 g/mol. The first-order valence-electron chi connectivity index (χ1n) is 14.8. The maximum Gasteiger partial charge on any atom is 0.408 e. The summed E-state index contributed by atoms with van der Waals surface area (Å²) in [5.74, 6) is -1.79. The van der Waals surface area contributed by atoms with E-state index >= 15 is 0 Å². The molecule has 3 rings (SSSR count). The molecule has 2 amide bonds. The SMILES string of the molecule is CC(C)(C)CC1CCCC(=O)OC[C@H](NC(=O)OCc2ccccc2)C(=O)N[C@@H](CC2CCCCC2)[C@@H](O)C(=O)O1. The zero-order chi connectivity index (χ0) is 29.8. The molecule has 1 unspecified atom stereocenters. The molecule has 2 fully saturated rings. The Bertz CT molecular complexity index is 1000. The molecule has 3 N–H and O–H groups in total. The summed E-state index contributed by atoms with van der Waals surface area (Å²) >= 11 is 0. The minimum absolute atomic E-state index is 0.00854. The Morgan fingerprint density at radius 1 is 1.05 bits per heavy atom. The van der Waals surface area contributed by atoms with Gasteiger partial charge in [-0.05, 0) is 42.6 Å². The van der Waals surface area contributed by atoms with Crippen molar-refractivity contribution in [2.75, 3.05) is 6.61 Å². The van der Waals surface area contributed by atoms with Crippen molar-refractivity contribution in [1.82, 2.24) is 10.6 Å². The standard InChI is InChI=1S/C31H46N2O8/c1-31(2,3)18-23-15-10-16-26(34)39-20-25(33-30(38)40-19-22-13-8-5-9-14-22)28(36)32-24(27(35)29(37)41-23)17-21-11-6-4-7-12-21/h5,8-9,13-14,21,23-25,27,35H,4,6-7,10-12,15-20H2,1-3H3,(H,32,36)(H,33,38)/t23?,24-,25-,27+/m0/s1. The van der Waals surface area contributed by atoms with Crippen molar-refractivity contribution in [1.29, 1.82) is 0 Å². The van der Waals surface area contributed by atoms with Gasteiger partial charge >= 0.3 is 18.0 Å². The quantitative estimate of drug-likeness (QED) is 0.340. The van der Waals surface area contributed by atoms with E-state index in [1.807, 2.05) is 39.0 Å². The molecule has 0 aromatic heterocycles. The summed E-state index contributed by atoms with van der Waals surface area (Å²) < 4.78 is 16.4. The van der Waals surface area contributed by atoms with Gasteiger partial charge < -0.3 is 30.0 Å². The van der Waals surface area contributed by atoms with Gasteiger partial charge in [-0.2, -0.15) is 0 Å². The number of aliphatic hydroxyl groups excluding tert-OH is 1. The van der Waals surface area contributed by atoms with Crippen molar-refractivity contribution in [3.63, 3.8) is 0 Å². The number of hydrogen-bond acceptors (Lipinski definition) is 8. The molecule has 1 aliphatic carbocycles. The fourth-order valence-electron chi connectivity index (χ4n) is 5.43. The molecule has 1 heterocycles. The lowest BCUT2D eigenvalue weighted by molar-refractivity contribution is -0.163. The van der Waals surface area contributed by atoms with E-state index in [9.17, 15) is 24.3 Å². The number of esters is 2. The first-order valence-corrected chi connectivity index (χ1v) is 14.8. The van der Waals surface area contributed by atoms with E-state index in [1.54, 1.807) is 12.1 Å². The van der Waals surface area contributed by atoms with Gasteiger partial charge in [-0.3, -0.25) is 9.59 Å². The minimum atomic E-state index is -1.58. The minimum Gasteiger partial charge on any atom is -0.463 e. The Kier molecular flexibility index (Phi) is 12.4. The second-order valence-corrected chi connectivity index (χ2v) is 12.5. The number of carbonyl (C=O) groups excluding carboxylic acids is 4. The molecule has 10 nitrogen and oxygen atoms in total. The van der Waals surface area contributed by atoms with Crippen molar-refractivity contribution in [3.8, 4) is 0 Å². The van der Waals surface area contributed by atoms with Gasteiger partial charge in [-0.25, -0.2) is 9.59 Å². The van der Waals surface area contributed by atoms with E-state index in [0.29, 0.717) is 25.7 Å². The van der Waals surface area contributed by atoms with Crippen molar-refractivity contribution in [2.45, 2.75) is 116 Å². The molecule has 41 heavy (non-hydrogen) atoms. The van der Waals surface area contributed by atoms with Gasteiger partial charge in [-0.1, -0.05) is 83.2 Å². The summed E-state index contributed by atoms with van der Waals surface area (Å²) in [7, 11) is 0. The fourth-order valence-corrected chi connectivity index (χ4v) is 5.43. The molecule has 1 aromatic rings. The predicted molar refractivity (Wildman–Crippen MR) is 151 cm³/mol. The summed E-state index contributed by atoms with van der Waals surface area (Å²) in [6.07, 6.45) is 3.99. The highest BCUT2D eigenvalue weighted by Gasteiger charge is 2.36. The van der Waals surface area contributed by atoms with E-state index in [-0.39, 0.29) is 24.4 Å². The Hall–Kier alpha value is -3.14. The average molecular weight is 575 g/mol. The zero-order valence-corrected chi connectivity index (χ0v) is 24.6. The number of nitrogens with one attached hydrogen (secondary N) is 2. The third kappa shape index (κ3) is 11.7. The molecule has 228 valence electrons. The molecule has 1 saturated heterocycles. The topological polar surface area (TPSA) is 140 Å². The lowest BCUT2D eigenvalue weighted by Crippen LogP contribution is -2.56. The van der Waals surface area contributed by atoms with Crippen LogP contribution >= 0.6 is 0 Å². The van der Waals surface area contributed by atoms with Crippen molar-refractivity contribution < 1.29 is 38.5 Å². The third-order valence-electron chi connectivity index (χ3n) is 7.52. The summed E-state index contributed by atoms with van der Waals surface area (Å²) in [6, 6.07) is 6.85. The fraction of sp³-hybridized carbons (Fsp3) is 0.677. The monoisotopic (exact) mass is 574 g/mol. The molecule has 0 bridgehead atoms. The number of amides is 2. The number of hydrogen-bond donors (Lipinski definition) is 3. The normalized spacial score (nSPS) is 25.7. The summed E-state index contributed by atoms with van der Waals surface area (Å²) in [5, 5.41) is 16.4. The van der Waals surface area contributed by atoms with Gasteiger partial charge in [0.2, 0.25) is 5.91 Å². The van der Waals surface area contributed by atoms with Crippen molar-refractivity contribution in [2.24, 2.45) is 11.3 Å². The smallest absolute Gasteiger partial charge is 0.408 e. The lowest BCUT2D eigenvalue weighted by atomic mass is 9.83. The highest BCUT2D eigenvalue weighted by atomic mass is 16.6. The van der Waals surface area contributed by atoms with E-state index in [1.165, 1.54) is 0 Å². The van der Waals surface area contributed by atoms with Gasteiger partial charge in [0.15, 0.2) is 6.10 Å². The highest BCUT2D eigenvalue weighted by molar-refractivity contribution is 5.87. The number of cyclic esters (lactones) is 2. The molecule has 0 radical (unpaired) electrons. The van der Waals surface area contributed by atoms with E-state index in [0.717, 1.165) is 37.7 Å². The van der Waals surface area contributed by atoms with Gasteiger partial charge in [0.05, 0.1) is 6.04 Å². The Labute approximate surface area is 242 Å². The van der Waals surface area contributed by atoms with Crippen molar-refractivity contribution in [3.05, 3.63) is 35.9 Å². The van der Waals surface area contributed by atoms with Crippen LogP contribution in [0.3, 0.4) is 0 Å². The number of aliphatic hydroxyl groups is 1. The summed E-state index contributed by atoms with van der Waals surface area (Å²) in [4.78, 5) is 51.7. The predicted octanol–water partition coefficient (Wildman–Crippen LogP) is 4.17. The Morgan fingerprint density at radius 2 is 1.76 bits per heavy atom. The highest BCUT2D eigenvalue weighted by Crippen LogP contribution is 2.29. The van der Waals surface area contributed by atoms with Crippen LogP contribution in [0.5, 0.6) is 0 Å². The van der Waals surface area contributed by atoms with Crippen LogP contribution < -0.4 is 10.6 Å². The van der Waals surface area contributed by atoms with Crippen LogP contribution in [0.15, 0.2) is 30.3 Å². The van der Waals surface area contributed by atoms with Crippen LogP contribution in [-0.2, 0) is 35.2 Å². The maximum atomic E-state index is 13.4. The van der Waals surface area contributed by atoms with Crippen LogP contribution in [0.25, 0.3) is 0 Å². The third-order valence-corrected chi connectivity index (χ3v) is 7.52. The second kappa shape index (κ2) is 15.7. The molecule has 2 aliphatic rings. The first kappa shape index (κ1) is 32.4. The van der Waals surface area contributed by atoms with E-state index < -0.39 is 54.8 Å². The number of benzene rings is 1. The number of rotatable bonds is 6. The number of ether oxygens (including phenoxy) is 3. The van der Waals surface area contributed by atoms with Crippen LogP contribution in [-0.4, -0.2) is 59.9 Å². The number of alkyl carbamates (subject to hydrolysis) is 1. The van der Waals surface area contributed by atoms with Crippen LogP contribution in [0.4, 0.5) is 4.79 Å². The molecule has 10 heteroatoms. The van der Waals surface area contributed by atoms with Gasteiger partial charge in [-0.15, -0.1) is 0 Å². The molecule has 4 atom stereocenters. The van der Waals surface area contributed by atoms with E-state index in [2.05, 4.69) is 10.6 Å². The first-order chi connectivity index (χ1) is 19.5. The molecule has 1 aromatic carbocycles. The van der Waals surface area contributed by atoms with Crippen LogP contribution in [0.2, 0.25) is 0 Å². The Morgan fingerprint density at radius 3 is 2.44 bits per heavy atom. The number of carbonyl (C=O) groups is 4. The lowest BCUT2D eigenvalue weighted by Gasteiger charge is -2.32. The van der Waals surface area contributed by atoms with Crippen molar-refractivity contribution >= 4 is 23.9 Å². The maximum absolute atomic E-state index is 13.4. The van der Waals surface area contributed by atoms with Gasteiger partial charge in [0.1, 0.15) is 25.4 Å². The largest absolute Gasteiger partial charge is 0.463 e. The van der Waals surface area contributed by atoms with Crippen LogP contribution in [0, 0.1) is 11.3 Å².